The summed E-state index contributed by atoms with van der Waals surface area (Å²) in [6.07, 6.45) is 1.43. The minimum atomic E-state index is 0.0601. The monoisotopic (exact) mass is 201 g/mol. The van der Waals surface area contributed by atoms with E-state index in [1.54, 1.807) is 0 Å². The van der Waals surface area contributed by atoms with Crippen LogP contribution in [-0.4, -0.2) is 15.9 Å². The van der Waals surface area contributed by atoms with Crippen molar-refractivity contribution in [3.05, 3.63) is 30.1 Å². The van der Waals surface area contributed by atoms with Crippen LogP contribution < -0.4 is 5.32 Å². The van der Waals surface area contributed by atoms with Crippen LogP contribution in [0.25, 0.3) is 11.0 Å². The van der Waals surface area contributed by atoms with Gasteiger partial charge in [0.15, 0.2) is 0 Å². The van der Waals surface area contributed by atoms with E-state index in [0.29, 0.717) is 6.42 Å². The number of H-pyrrole nitrogens is 1. The second kappa shape index (κ2) is 3.08. The van der Waals surface area contributed by atoms with Gasteiger partial charge in [0.05, 0.1) is 17.1 Å². The molecule has 1 aromatic carbocycles. The lowest BCUT2D eigenvalue weighted by atomic mass is 10.2. The van der Waals surface area contributed by atoms with Crippen LogP contribution in [0, 0.1) is 0 Å². The fourth-order valence-electron chi connectivity index (χ4n) is 1.96. The number of imidazole rings is 1. The molecule has 2 heterocycles. The van der Waals surface area contributed by atoms with Gasteiger partial charge in [0.2, 0.25) is 5.91 Å². The summed E-state index contributed by atoms with van der Waals surface area (Å²) < 4.78 is 0. The summed E-state index contributed by atoms with van der Waals surface area (Å²) in [6, 6.07) is 7.94. The van der Waals surface area contributed by atoms with E-state index >= 15 is 0 Å². The average Bonchev–Trinajstić information content (AvgIpc) is 2.82. The van der Waals surface area contributed by atoms with Gasteiger partial charge in [0, 0.05) is 6.42 Å². The van der Waals surface area contributed by atoms with Gasteiger partial charge < -0.3 is 10.3 Å². The van der Waals surface area contributed by atoms with Gasteiger partial charge in [-0.05, 0) is 18.6 Å². The van der Waals surface area contributed by atoms with Crippen LogP contribution >= 0.6 is 0 Å². The van der Waals surface area contributed by atoms with E-state index in [4.69, 9.17) is 0 Å². The Labute approximate surface area is 86.7 Å². The summed E-state index contributed by atoms with van der Waals surface area (Å²) in [5.41, 5.74) is 1.97. The van der Waals surface area contributed by atoms with Crippen molar-refractivity contribution >= 4 is 16.9 Å². The molecule has 2 aromatic rings. The summed E-state index contributed by atoms with van der Waals surface area (Å²) in [5.74, 6) is 0.975. The standard InChI is InChI=1S/C11H11N3O/c15-10-6-5-9(12-10)11-13-7-3-1-2-4-8(7)14-11/h1-4,9H,5-6H2,(H,12,15)(H,13,14). The van der Waals surface area contributed by atoms with Gasteiger partial charge in [-0.25, -0.2) is 4.98 Å². The molecule has 0 aliphatic carbocycles. The van der Waals surface area contributed by atoms with Gasteiger partial charge in [-0.15, -0.1) is 0 Å². The number of carbonyl (C=O) groups excluding carboxylic acids is 1. The molecule has 1 saturated heterocycles. The van der Waals surface area contributed by atoms with Crippen molar-refractivity contribution in [2.24, 2.45) is 0 Å². The smallest absolute Gasteiger partial charge is 0.220 e. The first-order chi connectivity index (χ1) is 7.33. The quantitative estimate of drug-likeness (QED) is 0.734. The van der Waals surface area contributed by atoms with Crippen molar-refractivity contribution in [2.45, 2.75) is 18.9 Å². The van der Waals surface area contributed by atoms with Crippen LogP contribution in [0.3, 0.4) is 0 Å². The zero-order valence-electron chi connectivity index (χ0n) is 8.16. The molecule has 1 unspecified atom stereocenters. The molecule has 4 nitrogen and oxygen atoms in total. The van der Waals surface area contributed by atoms with Crippen LogP contribution in [-0.2, 0) is 4.79 Å². The van der Waals surface area contributed by atoms with Crippen molar-refractivity contribution in [3.8, 4) is 0 Å². The van der Waals surface area contributed by atoms with E-state index in [2.05, 4.69) is 15.3 Å². The molecule has 15 heavy (non-hydrogen) atoms. The molecule has 2 N–H and O–H groups in total. The van der Waals surface area contributed by atoms with E-state index in [9.17, 15) is 4.79 Å². The molecular weight excluding hydrogens is 190 g/mol. The summed E-state index contributed by atoms with van der Waals surface area (Å²) in [5, 5.41) is 2.90. The third kappa shape index (κ3) is 1.38. The third-order valence-corrected chi connectivity index (χ3v) is 2.73. The Hall–Kier alpha value is -1.84. The first-order valence-corrected chi connectivity index (χ1v) is 5.07. The van der Waals surface area contributed by atoms with Gasteiger partial charge >= 0.3 is 0 Å². The number of benzene rings is 1. The number of para-hydroxylation sites is 2. The molecule has 0 saturated carbocycles. The normalized spacial score (nSPS) is 20.8. The highest BCUT2D eigenvalue weighted by molar-refractivity contribution is 5.79. The summed E-state index contributed by atoms with van der Waals surface area (Å²) in [6.45, 7) is 0. The lowest BCUT2D eigenvalue weighted by molar-refractivity contribution is -0.119. The Kier molecular flexibility index (Phi) is 1.74. The fourth-order valence-corrected chi connectivity index (χ4v) is 1.96. The second-order valence-corrected chi connectivity index (χ2v) is 3.80. The minimum absolute atomic E-state index is 0.0601. The van der Waals surface area contributed by atoms with Crippen molar-refractivity contribution in [3.63, 3.8) is 0 Å². The van der Waals surface area contributed by atoms with Gasteiger partial charge in [0.25, 0.3) is 0 Å². The number of aromatic amines is 1. The van der Waals surface area contributed by atoms with Crippen LogP contribution in [0.15, 0.2) is 24.3 Å². The van der Waals surface area contributed by atoms with Crippen LogP contribution in [0.1, 0.15) is 24.7 Å². The second-order valence-electron chi connectivity index (χ2n) is 3.80. The molecule has 76 valence electrons. The van der Waals surface area contributed by atoms with E-state index < -0.39 is 0 Å². The number of carbonyl (C=O) groups is 1. The van der Waals surface area contributed by atoms with E-state index in [-0.39, 0.29) is 11.9 Å². The third-order valence-electron chi connectivity index (χ3n) is 2.73. The highest BCUT2D eigenvalue weighted by Crippen LogP contribution is 2.23. The molecular formula is C11H11N3O. The molecule has 1 atom stereocenters. The van der Waals surface area contributed by atoms with Crippen molar-refractivity contribution in [1.82, 2.24) is 15.3 Å². The zero-order valence-corrected chi connectivity index (χ0v) is 8.16. The molecule has 1 fully saturated rings. The molecule has 0 bridgehead atoms. The van der Waals surface area contributed by atoms with Gasteiger partial charge in [0.1, 0.15) is 5.82 Å². The summed E-state index contributed by atoms with van der Waals surface area (Å²) in [4.78, 5) is 18.8. The number of nitrogens with zero attached hydrogens (tertiary/aromatic N) is 1. The lowest BCUT2D eigenvalue weighted by Gasteiger charge is -2.04. The number of hydrogen-bond donors (Lipinski definition) is 2. The SMILES string of the molecule is O=C1CCC(c2nc3ccccc3[nH]2)N1. The molecule has 0 spiro atoms. The molecule has 1 aliphatic heterocycles. The Morgan fingerprint density at radius 2 is 2.20 bits per heavy atom. The Balaban J connectivity index is 2.01. The maximum absolute atomic E-state index is 11.1. The van der Waals surface area contributed by atoms with Crippen LogP contribution in [0.5, 0.6) is 0 Å². The first-order valence-electron chi connectivity index (χ1n) is 5.07. The maximum Gasteiger partial charge on any atom is 0.220 e. The van der Waals surface area contributed by atoms with Gasteiger partial charge in [-0.1, -0.05) is 12.1 Å². The summed E-state index contributed by atoms with van der Waals surface area (Å²) in [7, 11) is 0. The highest BCUT2D eigenvalue weighted by atomic mass is 16.1. The molecule has 1 amide bonds. The molecule has 4 heteroatoms. The van der Waals surface area contributed by atoms with Gasteiger partial charge in [-0.3, -0.25) is 4.79 Å². The number of hydrogen-bond acceptors (Lipinski definition) is 2. The summed E-state index contributed by atoms with van der Waals surface area (Å²) >= 11 is 0. The van der Waals surface area contributed by atoms with Crippen LogP contribution in [0.2, 0.25) is 0 Å². The Morgan fingerprint density at radius 1 is 1.33 bits per heavy atom. The number of aromatic nitrogens is 2. The zero-order chi connectivity index (χ0) is 10.3. The van der Waals surface area contributed by atoms with E-state index in [0.717, 1.165) is 23.3 Å². The topological polar surface area (TPSA) is 57.8 Å². The molecule has 1 aromatic heterocycles. The maximum atomic E-state index is 11.1. The first kappa shape index (κ1) is 8.47. The van der Waals surface area contributed by atoms with Crippen molar-refractivity contribution in [2.75, 3.05) is 0 Å². The lowest BCUT2D eigenvalue weighted by Crippen LogP contribution is -2.19. The highest BCUT2D eigenvalue weighted by Gasteiger charge is 2.24. The Bertz CT molecular complexity index is 484. The average molecular weight is 201 g/mol. The van der Waals surface area contributed by atoms with E-state index in [1.165, 1.54) is 0 Å². The number of nitrogens with one attached hydrogen (secondary N) is 2. The fraction of sp³-hybridized carbons (Fsp3) is 0.273. The minimum Gasteiger partial charge on any atom is -0.346 e. The molecule has 0 radical (unpaired) electrons. The Morgan fingerprint density at radius 3 is 2.93 bits per heavy atom. The molecule has 3 rings (SSSR count). The van der Waals surface area contributed by atoms with Crippen molar-refractivity contribution < 1.29 is 4.79 Å². The predicted octanol–water partition coefficient (Wildman–Crippen LogP) is 1.51. The molecule has 1 aliphatic rings. The largest absolute Gasteiger partial charge is 0.346 e. The predicted molar refractivity (Wildman–Crippen MR) is 56.2 cm³/mol. The van der Waals surface area contributed by atoms with Crippen molar-refractivity contribution in [1.29, 1.82) is 0 Å². The number of fused-ring (bicyclic) bond motifs is 1. The van der Waals surface area contributed by atoms with Crippen LogP contribution in [0.4, 0.5) is 0 Å². The van der Waals surface area contributed by atoms with E-state index in [1.807, 2.05) is 24.3 Å². The number of rotatable bonds is 1. The number of amides is 1. The van der Waals surface area contributed by atoms with Gasteiger partial charge in [-0.2, -0.15) is 0 Å².